The van der Waals surface area contributed by atoms with Gasteiger partial charge in [-0.05, 0) is 55.7 Å². The smallest absolute Gasteiger partial charge is 0.256 e. The number of hydrogen-bond acceptors (Lipinski definition) is 5. The predicted octanol–water partition coefficient (Wildman–Crippen LogP) is 3.90. The summed E-state index contributed by atoms with van der Waals surface area (Å²) in [5.41, 5.74) is 3.39. The predicted molar refractivity (Wildman–Crippen MR) is 115 cm³/mol. The molecular weight excluding hydrogens is 388 g/mol. The van der Waals surface area contributed by atoms with E-state index >= 15 is 0 Å². The van der Waals surface area contributed by atoms with Gasteiger partial charge < -0.3 is 10.2 Å². The van der Waals surface area contributed by atoms with E-state index in [2.05, 4.69) is 27.4 Å². The Morgan fingerprint density at radius 3 is 2.52 bits per heavy atom. The van der Waals surface area contributed by atoms with Crippen molar-refractivity contribution >= 4 is 23.3 Å². The molecule has 0 fully saturated rings. The summed E-state index contributed by atoms with van der Waals surface area (Å²) in [5, 5.41) is 12.3. The number of likely N-dealkylation sites (N-methyl/N-ethyl adjacent to an activating group) is 1. The van der Waals surface area contributed by atoms with Crippen LogP contribution in [0.4, 0.5) is 5.82 Å². The number of halogens is 1. The lowest BCUT2D eigenvalue weighted by Crippen LogP contribution is -2.41. The van der Waals surface area contributed by atoms with E-state index in [1.165, 1.54) is 4.80 Å². The highest BCUT2D eigenvalue weighted by Crippen LogP contribution is 2.22. The van der Waals surface area contributed by atoms with Gasteiger partial charge in [0, 0.05) is 25.8 Å². The summed E-state index contributed by atoms with van der Waals surface area (Å²) in [6.45, 7) is 6.64. The Labute approximate surface area is 175 Å². The van der Waals surface area contributed by atoms with Crippen LogP contribution in [0.5, 0.6) is 0 Å². The molecule has 0 aliphatic rings. The number of aromatic nitrogens is 4. The molecule has 2 aromatic heterocycles. The van der Waals surface area contributed by atoms with E-state index in [0.717, 1.165) is 23.4 Å². The lowest BCUT2D eigenvalue weighted by molar-refractivity contribution is 0.0735. The van der Waals surface area contributed by atoms with Crippen LogP contribution in [0.25, 0.3) is 5.69 Å². The molecule has 0 radical (unpaired) electrons. The molecule has 7 nitrogen and oxygen atoms in total. The zero-order valence-electron chi connectivity index (χ0n) is 17.1. The summed E-state index contributed by atoms with van der Waals surface area (Å²) in [7, 11) is 1.82. The van der Waals surface area contributed by atoms with Gasteiger partial charge in [0.1, 0.15) is 5.82 Å². The number of carbonyl (C=O) groups is 1. The molecule has 8 heteroatoms. The molecule has 1 unspecified atom stereocenters. The average Bonchev–Trinajstić information content (AvgIpc) is 3.25. The summed E-state index contributed by atoms with van der Waals surface area (Å²) in [6.07, 6.45) is 5.59. The molecule has 0 bridgehead atoms. The monoisotopic (exact) mass is 412 g/mol. The Hall–Kier alpha value is -2.93. The van der Waals surface area contributed by atoms with E-state index in [4.69, 9.17) is 11.6 Å². The van der Waals surface area contributed by atoms with Gasteiger partial charge >= 0.3 is 0 Å². The number of benzene rings is 1. The summed E-state index contributed by atoms with van der Waals surface area (Å²) in [6, 6.07) is 7.45. The molecule has 3 rings (SSSR count). The number of hydrogen-bond donors (Lipinski definition) is 1. The van der Waals surface area contributed by atoms with E-state index in [1.807, 2.05) is 39.1 Å². The van der Waals surface area contributed by atoms with Crippen molar-refractivity contribution in [3.63, 3.8) is 0 Å². The maximum absolute atomic E-state index is 13.4. The first-order chi connectivity index (χ1) is 13.9. The fraction of sp³-hybridized carbons (Fsp3) is 0.333. The van der Waals surface area contributed by atoms with Crippen LogP contribution in [0, 0.1) is 13.8 Å². The molecule has 1 atom stereocenters. The fourth-order valence-electron chi connectivity index (χ4n) is 3.09. The average molecular weight is 413 g/mol. The fourth-order valence-corrected chi connectivity index (χ4v) is 3.20. The minimum atomic E-state index is -0.0712. The molecule has 1 N–H and O–H groups in total. The van der Waals surface area contributed by atoms with Crippen molar-refractivity contribution in [1.82, 2.24) is 24.9 Å². The second-order valence-corrected chi connectivity index (χ2v) is 7.43. The second kappa shape index (κ2) is 9.05. The SMILES string of the molecule is CCC(CNc1ccc(Cl)cn1)N(C)C(=O)c1cc(C)c(C)cc1-n1nccn1. The maximum atomic E-state index is 13.4. The molecule has 0 saturated carbocycles. The summed E-state index contributed by atoms with van der Waals surface area (Å²) < 4.78 is 0. The highest BCUT2D eigenvalue weighted by molar-refractivity contribution is 6.30. The topological polar surface area (TPSA) is 75.9 Å². The number of aryl methyl sites for hydroxylation is 2. The zero-order valence-corrected chi connectivity index (χ0v) is 17.8. The molecule has 29 heavy (non-hydrogen) atoms. The van der Waals surface area contributed by atoms with Crippen molar-refractivity contribution < 1.29 is 4.79 Å². The van der Waals surface area contributed by atoms with Crippen molar-refractivity contribution in [3.8, 4) is 5.69 Å². The Balaban J connectivity index is 1.82. The first-order valence-electron chi connectivity index (χ1n) is 9.51. The molecule has 0 saturated heterocycles. The molecule has 0 spiro atoms. The van der Waals surface area contributed by atoms with Gasteiger partial charge in [0.25, 0.3) is 5.91 Å². The van der Waals surface area contributed by atoms with Crippen molar-refractivity contribution in [3.05, 3.63) is 64.6 Å². The van der Waals surface area contributed by atoms with Crippen LogP contribution in [0.2, 0.25) is 5.02 Å². The van der Waals surface area contributed by atoms with Gasteiger partial charge in [0.05, 0.1) is 28.7 Å². The Morgan fingerprint density at radius 2 is 1.90 bits per heavy atom. The Morgan fingerprint density at radius 1 is 1.21 bits per heavy atom. The number of anilines is 1. The van der Waals surface area contributed by atoms with E-state index in [9.17, 15) is 4.79 Å². The van der Waals surface area contributed by atoms with Gasteiger partial charge in [0.15, 0.2) is 0 Å². The third-order valence-corrected chi connectivity index (χ3v) is 5.29. The van der Waals surface area contributed by atoms with Crippen LogP contribution in [-0.2, 0) is 0 Å². The van der Waals surface area contributed by atoms with Gasteiger partial charge in [-0.1, -0.05) is 18.5 Å². The van der Waals surface area contributed by atoms with Crippen molar-refractivity contribution in [2.24, 2.45) is 0 Å². The maximum Gasteiger partial charge on any atom is 0.256 e. The van der Waals surface area contributed by atoms with Gasteiger partial charge in [-0.3, -0.25) is 4.79 Å². The number of nitrogens with zero attached hydrogens (tertiary/aromatic N) is 5. The molecule has 152 valence electrons. The van der Waals surface area contributed by atoms with Crippen LogP contribution < -0.4 is 5.32 Å². The van der Waals surface area contributed by atoms with E-state index in [1.54, 1.807) is 29.6 Å². The van der Waals surface area contributed by atoms with Gasteiger partial charge in [-0.25, -0.2) is 4.98 Å². The number of carbonyl (C=O) groups excluding carboxylic acids is 1. The summed E-state index contributed by atoms with van der Waals surface area (Å²) in [4.78, 5) is 20.9. The number of pyridine rings is 1. The minimum Gasteiger partial charge on any atom is -0.368 e. The van der Waals surface area contributed by atoms with Gasteiger partial charge in [0.2, 0.25) is 0 Å². The summed E-state index contributed by atoms with van der Waals surface area (Å²) in [5.74, 6) is 0.652. The third kappa shape index (κ3) is 4.74. The number of rotatable bonds is 7. The van der Waals surface area contributed by atoms with Gasteiger partial charge in [-0.15, -0.1) is 0 Å². The molecule has 3 aromatic rings. The third-order valence-electron chi connectivity index (χ3n) is 5.06. The number of nitrogens with one attached hydrogen (secondary N) is 1. The van der Waals surface area contributed by atoms with Crippen LogP contribution in [0.15, 0.2) is 42.9 Å². The number of amides is 1. The van der Waals surface area contributed by atoms with E-state index in [-0.39, 0.29) is 11.9 Å². The Bertz CT molecular complexity index is 972. The van der Waals surface area contributed by atoms with Crippen molar-refractivity contribution in [2.75, 3.05) is 18.9 Å². The minimum absolute atomic E-state index is 0.0139. The lowest BCUT2D eigenvalue weighted by atomic mass is 10.0. The largest absolute Gasteiger partial charge is 0.368 e. The van der Waals surface area contributed by atoms with Crippen LogP contribution in [0.3, 0.4) is 0 Å². The highest BCUT2D eigenvalue weighted by atomic mass is 35.5. The van der Waals surface area contributed by atoms with Crippen LogP contribution in [0.1, 0.15) is 34.8 Å². The zero-order chi connectivity index (χ0) is 21.0. The van der Waals surface area contributed by atoms with Crippen LogP contribution >= 0.6 is 11.6 Å². The molecule has 0 aliphatic carbocycles. The van der Waals surface area contributed by atoms with Crippen molar-refractivity contribution in [2.45, 2.75) is 33.2 Å². The highest BCUT2D eigenvalue weighted by Gasteiger charge is 2.24. The standard InChI is InChI=1S/C21H25ClN6O/c1-5-17(13-24-20-7-6-16(22)12-23-20)27(4)21(29)18-10-14(2)15(3)11-19(18)28-25-8-9-26-28/h6-12,17H,5,13H2,1-4H3,(H,23,24). The molecule has 1 aromatic carbocycles. The van der Waals surface area contributed by atoms with E-state index in [0.29, 0.717) is 22.8 Å². The van der Waals surface area contributed by atoms with Gasteiger partial charge in [-0.2, -0.15) is 15.0 Å². The Kier molecular flexibility index (Phi) is 6.49. The second-order valence-electron chi connectivity index (χ2n) is 6.99. The molecular formula is C21H25ClN6O. The molecule has 0 aliphatic heterocycles. The molecule has 2 heterocycles. The van der Waals surface area contributed by atoms with Crippen LogP contribution in [-0.4, -0.2) is 50.4 Å². The summed E-state index contributed by atoms with van der Waals surface area (Å²) >= 11 is 5.89. The van der Waals surface area contributed by atoms with Crippen molar-refractivity contribution in [1.29, 1.82) is 0 Å². The normalized spacial score (nSPS) is 11.9. The first kappa shape index (κ1) is 20.8. The quantitative estimate of drug-likeness (QED) is 0.637. The molecule has 1 amide bonds. The van der Waals surface area contributed by atoms with E-state index < -0.39 is 0 Å². The first-order valence-corrected chi connectivity index (χ1v) is 9.89. The lowest BCUT2D eigenvalue weighted by Gasteiger charge is -2.28.